The molecule has 0 saturated heterocycles. The van der Waals surface area contributed by atoms with Crippen LogP contribution < -0.4 is 0 Å². The number of rotatable bonds is 6. The van der Waals surface area contributed by atoms with Crippen molar-refractivity contribution in [2.24, 2.45) is 0 Å². The van der Waals surface area contributed by atoms with Crippen molar-refractivity contribution in [3.8, 4) is 17.6 Å². The number of hydrogen-bond donors (Lipinski definition) is 2. The minimum Gasteiger partial charge on any atom is -0.504 e. The number of carbonyl (C=O) groups is 1. The van der Waals surface area contributed by atoms with Gasteiger partial charge in [0.05, 0.1) is 0 Å². The first-order valence-corrected chi connectivity index (χ1v) is 6.96. The third-order valence-electron chi connectivity index (χ3n) is 2.94. The van der Waals surface area contributed by atoms with Crippen LogP contribution in [0.1, 0.15) is 32.3 Å². The van der Waals surface area contributed by atoms with Gasteiger partial charge >= 0.3 is 0 Å². The Labute approximate surface area is 124 Å². The lowest BCUT2D eigenvalue weighted by molar-refractivity contribution is -0.126. The fourth-order valence-electron chi connectivity index (χ4n) is 1.96. The first-order chi connectivity index (χ1) is 10.0. The van der Waals surface area contributed by atoms with Gasteiger partial charge in [0.15, 0.2) is 11.5 Å². The maximum Gasteiger partial charge on any atom is 0.264 e. The molecule has 0 aliphatic carbocycles. The summed E-state index contributed by atoms with van der Waals surface area (Å²) in [5.41, 5.74) is 0.505. The minimum atomic E-state index is -0.311. The Morgan fingerprint density at radius 1 is 1.24 bits per heavy atom. The number of carbonyl (C=O) groups excluding carboxylic acids is 1. The van der Waals surface area contributed by atoms with Gasteiger partial charge in [0.2, 0.25) is 0 Å². The molecule has 112 valence electrons. The van der Waals surface area contributed by atoms with E-state index in [1.165, 1.54) is 24.3 Å². The summed E-state index contributed by atoms with van der Waals surface area (Å²) in [5, 5.41) is 27.9. The normalized spacial score (nSPS) is 11.0. The first kappa shape index (κ1) is 16.6. The van der Waals surface area contributed by atoms with E-state index in [0.717, 1.165) is 12.8 Å². The molecule has 5 heteroatoms. The summed E-state index contributed by atoms with van der Waals surface area (Å²) in [7, 11) is 0. The molecule has 0 radical (unpaired) electrons. The topological polar surface area (TPSA) is 84.6 Å². The molecular formula is C16H20N2O3. The van der Waals surface area contributed by atoms with Crippen LogP contribution in [-0.4, -0.2) is 34.1 Å². The van der Waals surface area contributed by atoms with E-state index in [1.54, 1.807) is 4.90 Å². The van der Waals surface area contributed by atoms with Crippen molar-refractivity contribution in [1.82, 2.24) is 4.90 Å². The predicted octanol–water partition coefficient (Wildman–Crippen LogP) is 2.65. The predicted molar refractivity (Wildman–Crippen MR) is 80.5 cm³/mol. The number of phenolic OH excluding ortho intramolecular Hbond substituents is 2. The van der Waals surface area contributed by atoms with E-state index in [1.807, 2.05) is 19.9 Å². The van der Waals surface area contributed by atoms with Crippen molar-refractivity contribution in [2.45, 2.75) is 26.7 Å². The minimum absolute atomic E-state index is 0.0157. The average Bonchev–Trinajstić information content (AvgIpc) is 2.47. The lowest BCUT2D eigenvalue weighted by Crippen LogP contribution is -2.33. The lowest BCUT2D eigenvalue weighted by Gasteiger charge is -2.20. The fraction of sp³-hybridized carbons (Fsp3) is 0.375. The molecule has 0 aromatic heterocycles. The van der Waals surface area contributed by atoms with Crippen molar-refractivity contribution in [2.75, 3.05) is 13.1 Å². The first-order valence-electron chi connectivity index (χ1n) is 6.96. The smallest absolute Gasteiger partial charge is 0.264 e. The Kier molecular flexibility index (Phi) is 6.28. The van der Waals surface area contributed by atoms with Gasteiger partial charge in [-0.1, -0.05) is 19.9 Å². The Morgan fingerprint density at radius 3 is 2.33 bits per heavy atom. The molecule has 0 atom stereocenters. The molecule has 0 saturated carbocycles. The number of aromatic hydroxyl groups is 2. The van der Waals surface area contributed by atoms with Gasteiger partial charge in [-0.2, -0.15) is 5.26 Å². The van der Waals surface area contributed by atoms with Crippen LogP contribution in [0.25, 0.3) is 6.08 Å². The van der Waals surface area contributed by atoms with Crippen LogP contribution in [0.15, 0.2) is 23.8 Å². The van der Waals surface area contributed by atoms with Crippen LogP contribution >= 0.6 is 0 Å². The van der Waals surface area contributed by atoms with Gasteiger partial charge in [0, 0.05) is 13.1 Å². The second-order valence-electron chi connectivity index (χ2n) is 4.71. The summed E-state index contributed by atoms with van der Waals surface area (Å²) in [6, 6.07) is 6.06. The summed E-state index contributed by atoms with van der Waals surface area (Å²) >= 11 is 0. The van der Waals surface area contributed by atoms with Gasteiger partial charge in [-0.3, -0.25) is 4.79 Å². The number of nitriles is 1. The van der Waals surface area contributed by atoms with Crippen molar-refractivity contribution >= 4 is 12.0 Å². The SMILES string of the molecule is CCCN(CCC)C(=O)/C(C#N)=C/c1ccc(O)c(O)c1. The molecule has 0 heterocycles. The van der Waals surface area contributed by atoms with Crippen LogP contribution in [-0.2, 0) is 4.79 Å². The molecule has 1 rings (SSSR count). The number of amides is 1. The molecular weight excluding hydrogens is 268 g/mol. The summed E-state index contributed by atoms with van der Waals surface area (Å²) in [5.74, 6) is -0.836. The van der Waals surface area contributed by atoms with E-state index in [9.17, 15) is 20.3 Å². The highest BCUT2D eigenvalue weighted by Crippen LogP contribution is 2.26. The number of hydrogen-bond acceptors (Lipinski definition) is 4. The molecule has 0 aliphatic heterocycles. The van der Waals surface area contributed by atoms with Crippen LogP contribution in [0.3, 0.4) is 0 Å². The molecule has 0 fully saturated rings. The quantitative estimate of drug-likeness (QED) is 0.479. The highest BCUT2D eigenvalue weighted by Gasteiger charge is 2.17. The molecule has 0 aliphatic rings. The molecule has 1 amide bonds. The van der Waals surface area contributed by atoms with E-state index >= 15 is 0 Å². The van der Waals surface area contributed by atoms with Crippen LogP contribution in [0.4, 0.5) is 0 Å². The van der Waals surface area contributed by atoms with E-state index in [-0.39, 0.29) is 23.0 Å². The van der Waals surface area contributed by atoms with Gasteiger partial charge in [0.1, 0.15) is 11.6 Å². The van der Waals surface area contributed by atoms with Gasteiger partial charge in [-0.05, 0) is 36.6 Å². The van der Waals surface area contributed by atoms with Gasteiger partial charge < -0.3 is 15.1 Å². The Balaban J connectivity index is 3.04. The molecule has 21 heavy (non-hydrogen) atoms. The second-order valence-corrected chi connectivity index (χ2v) is 4.71. The zero-order chi connectivity index (χ0) is 15.8. The van der Waals surface area contributed by atoms with E-state index in [0.29, 0.717) is 18.7 Å². The van der Waals surface area contributed by atoms with Crippen molar-refractivity contribution < 1.29 is 15.0 Å². The van der Waals surface area contributed by atoms with Gasteiger partial charge in [0.25, 0.3) is 5.91 Å². The van der Waals surface area contributed by atoms with Crippen LogP contribution in [0.5, 0.6) is 11.5 Å². The number of phenols is 2. The Hall–Kier alpha value is -2.48. The molecule has 1 aromatic rings. The molecule has 2 N–H and O–H groups in total. The molecule has 0 bridgehead atoms. The Bertz CT molecular complexity index is 567. The highest BCUT2D eigenvalue weighted by atomic mass is 16.3. The maximum atomic E-state index is 12.3. The van der Waals surface area contributed by atoms with Crippen LogP contribution in [0, 0.1) is 11.3 Å². The summed E-state index contributed by atoms with van der Waals surface area (Å²) in [6.07, 6.45) is 3.06. The average molecular weight is 288 g/mol. The molecule has 5 nitrogen and oxygen atoms in total. The van der Waals surface area contributed by atoms with E-state index < -0.39 is 0 Å². The summed E-state index contributed by atoms with van der Waals surface area (Å²) in [6.45, 7) is 5.16. The summed E-state index contributed by atoms with van der Waals surface area (Å²) < 4.78 is 0. The molecule has 0 spiro atoms. The number of benzene rings is 1. The van der Waals surface area contributed by atoms with Crippen molar-refractivity contribution in [1.29, 1.82) is 5.26 Å². The monoisotopic (exact) mass is 288 g/mol. The van der Waals surface area contributed by atoms with E-state index in [4.69, 9.17) is 0 Å². The van der Waals surface area contributed by atoms with E-state index in [2.05, 4.69) is 0 Å². The zero-order valence-electron chi connectivity index (χ0n) is 12.3. The third kappa shape index (κ3) is 4.53. The fourth-order valence-corrected chi connectivity index (χ4v) is 1.96. The van der Waals surface area contributed by atoms with Crippen molar-refractivity contribution in [3.05, 3.63) is 29.3 Å². The maximum absolute atomic E-state index is 12.3. The number of nitrogens with zero attached hydrogens (tertiary/aromatic N) is 2. The Morgan fingerprint density at radius 2 is 1.86 bits per heavy atom. The molecule has 1 aromatic carbocycles. The second kappa shape index (κ2) is 7.95. The largest absolute Gasteiger partial charge is 0.504 e. The van der Waals surface area contributed by atoms with Gasteiger partial charge in [-0.25, -0.2) is 0 Å². The van der Waals surface area contributed by atoms with Gasteiger partial charge in [-0.15, -0.1) is 0 Å². The standard InChI is InChI=1S/C16H20N2O3/c1-3-7-18(8-4-2)16(21)13(11-17)9-12-5-6-14(19)15(20)10-12/h5-6,9-10,19-20H,3-4,7-8H2,1-2H3/b13-9+. The lowest BCUT2D eigenvalue weighted by atomic mass is 10.1. The highest BCUT2D eigenvalue weighted by molar-refractivity contribution is 6.01. The van der Waals surface area contributed by atoms with Crippen LogP contribution in [0.2, 0.25) is 0 Å². The zero-order valence-corrected chi connectivity index (χ0v) is 12.3. The van der Waals surface area contributed by atoms with Crippen molar-refractivity contribution in [3.63, 3.8) is 0 Å². The third-order valence-corrected chi connectivity index (χ3v) is 2.94. The summed E-state index contributed by atoms with van der Waals surface area (Å²) in [4.78, 5) is 14.0. The molecule has 0 unspecified atom stereocenters.